The van der Waals surface area contributed by atoms with Gasteiger partial charge in [-0.25, -0.2) is 54.3 Å². The fraction of sp³-hybridized carbons (Fsp3) is 0.295. The molecule has 9 amide bonds. The zero-order valence-corrected chi connectivity index (χ0v) is 84.2. The minimum absolute atomic E-state index is 0.00798. The molecule has 7 N–H and O–H groups in total. The molecule has 0 radical (unpaired) electrons. The van der Waals surface area contributed by atoms with Gasteiger partial charge in [-0.2, -0.15) is 0 Å². The second-order valence-electron chi connectivity index (χ2n) is 37.3. The fourth-order valence-corrected chi connectivity index (χ4v) is 17.9. The van der Waals surface area contributed by atoms with Crippen molar-refractivity contribution in [2.24, 2.45) is 0 Å². The van der Waals surface area contributed by atoms with Gasteiger partial charge in [0.2, 0.25) is 17.7 Å². The van der Waals surface area contributed by atoms with E-state index in [9.17, 15) is 33.6 Å². The van der Waals surface area contributed by atoms with Gasteiger partial charge in [-0.1, -0.05) is 123 Å². The third kappa shape index (κ3) is 28.3. The van der Waals surface area contributed by atoms with Gasteiger partial charge >= 0.3 is 18.1 Å². The number of piperazine rings is 4. The first-order chi connectivity index (χ1) is 71.4. The fourth-order valence-electron chi connectivity index (χ4n) is 17.9. The van der Waals surface area contributed by atoms with Gasteiger partial charge in [-0.05, 0) is 182 Å². The topological polar surface area (TPSA) is 355 Å². The van der Waals surface area contributed by atoms with Crippen LogP contribution in [0.25, 0.3) is 0 Å². The normalized spacial score (nSPS) is 15.3. The Labute approximate surface area is 858 Å². The zero-order chi connectivity index (χ0) is 103. The number of amides is 9. The maximum atomic E-state index is 13.1. The molecule has 0 bridgehead atoms. The second kappa shape index (κ2) is 49.6. The van der Waals surface area contributed by atoms with Crippen molar-refractivity contribution in [2.45, 2.75) is 71.5 Å². The molecule has 4 aromatic heterocycles. The Morgan fingerprint density at radius 3 is 1.22 bits per heavy atom. The van der Waals surface area contributed by atoms with Crippen LogP contribution in [0, 0.1) is 0 Å². The number of ether oxygens (including phenoxy) is 1. The predicted molar refractivity (Wildman–Crippen MR) is 579 cm³/mol. The van der Waals surface area contributed by atoms with Gasteiger partial charge in [0.1, 0.15) is 58.6 Å². The Hall–Kier alpha value is -16.6. The molecular weight excluding hydrogens is 1850 g/mol. The lowest BCUT2D eigenvalue weighted by molar-refractivity contribution is -0.114. The lowest BCUT2D eigenvalue weighted by Crippen LogP contribution is -2.45. The van der Waals surface area contributed by atoms with E-state index in [1.807, 2.05) is 97.2 Å². The van der Waals surface area contributed by atoms with Gasteiger partial charge in [-0.15, -0.1) is 0 Å². The van der Waals surface area contributed by atoms with Crippen molar-refractivity contribution >= 4 is 116 Å². The van der Waals surface area contributed by atoms with E-state index in [4.69, 9.17) is 19.7 Å². The molecule has 0 saturated carbocycles. The van der Waals surface area contributed by atoms with Crippen LogP contribution >= 0.6 is 0 Å². The molecule has 8 aromatic carbocycles. The molecule has 35 nitrogen and oxygen atoms in total. The number of rotatable bonds is 31. The highest BCUT2D eigenvalue weighted by molar-refractivity contribution is 6.01. The number of hydrogen-bond acceptors (Lipinski definition) is 26. The Morgan fingerprint density at radius 2 is 0.769 bits per heavy atom. The molecule has 7 aliphatic rings. The molecule has 11 heterocycles. The first kappa shape index (κ1) is 103. The summed E-state index contributed by atoms with van der Waals surface area (Å²) in [7, 11) is 12.1. The molecule has 147 heavy (non-hydrogen) atoms. The molecule has 0 spiro atoms. The van der Waals surface area contributed by atoms with Crippen LogP contribution in [0.1, 0.15) is 78.7 Å². The third-order valence-corrected chi connectivity index (χ3v) is 26.5. The number of fused-ring (bicyclic) bond motifs is 3. The van der Waals surface area contributed by atoms with Crippen LogP contribution < -0.4 is 76.3 Å². The van der Waals surface area contributed by atoms with Gasteiger partial charge < -0.3 is 86.1 Å². The van der Waals surface area contributed by atoms with E-state index in [0.29, 0.717) is 135 Å². The maximum Gasteiger partial charge on any atom is 0.326 e. The van der Waals surface area contributed by atoms with E-state index in [0.717, 1.165) is 183 Å². The Bertz CT molecular complexity index is 6660. The highest BCUT2D eigenvalue weighted by Gasteiger charge is 2.33. The number of aromatic nitrogens is 8. The third-order valence-electron chi connectivity index (χ3n) is 26.5. The monoisotopic (exact) mass is 1980 g/mol. The van der Waals surface area contributed by atoms with E-state index < -0.39 is 0 Å². The summed E-state index contributed by atoms with van der Waals surface area (Å²) in [6, 6.07) is 63.4. The lowest BCUT2D eigenvalue weighted by atomic mass is 10.1. The van der Waals surface area contributed by atoms with Gasteiger partial charge in [0.05, 0.1) is 39.0 Å². The van der Waals surface area contributed by atoms with Crippen LogP contribution in [0.2, 0.25) is 0 Å². The van der Waals surface area contributed by atoms with Gasteiger partial charge in [-0.3, -0.25) is 33.9 Å². The number of anilines is 13. The van der Waals surface area contributed by atoms with Gasteiger partial charge in [0, 0.05) is 244 Å². The number of methoxy groups -OCH3 is 1. The van der Waals surface area contributed by atoms with Crippen LogP contribution in [0.4, 0.5) is 89.0 Å². The van der Waals surface area contributed by atoms with Crippen LogP contribution in [-0.2, 0) is 90.7 Å². The quantitative estimate of drug-likeness (QED) is 0.0198. The minimum Gasteiger partial charge on any atom is -0.494 e. The summed E-state index contributed by atoms with van der Waals surface area (Å²) in [5, 5.41) is 20.7. The maximum absolute atomic E-state index is 13.1. The number of allylic oxidation sites excluding steroid dienone is 1. The number of carbonyl (C=O) groups excluding carboxylic acids is 7. The first-order valence-electron chi connectivity index (χ1n) is 49.4. The minimum atomic E-state index is -0.285. The van der Waals surface area contributed by atoms with Crippen molar-refractivity contribution in [3.8, 4) is 5.75 Å². The lowest BCUT2D eigenvalue weighted by Gasteiger charge is -2.34. The van der Waals surface area contributed by atoms with E-state index in [-0.39, 0.29) is 41.6 Å². The second-order valence-corrected chi connectivity index (χ2v) is 37.3. The standard InChI is InChI=1S/C29H33N7O2.2C28H31N7O2.C27H32N6O2/c1-4-27(37)31-24-9-5-22(6-10-24)19-36-28-23(20-34(3)29(36)38)18-30-26(32-28)17-21-7-11-25(12-8-21)35-15-13-33(2)14-16-35;1-3-26(36)31-23-8-4-21(5-9-23)19-35-27-22(18-30-28(35)37)17-29-25(32-27)16-20-6-10-24(11-7-20)34-14-12-33(2)13-15-34;1-3-26(36)31-23-6-4-5-21(15-23)19-35-27-22(18-30-28(35)37)17-29-25(32-27)16-20-7-9-24(10-8-20)34-13-11-33(2)12-14-34;1-4-23(34)15-20-6-5-7-21(14-20)18-28-26-17-27(30-19-29-26)31-24-9-8-22(16-25(24)35-3)33-12-10-32(2)11-13-33/h4-12,18H,1,13-17,19-20H2,2-3H3,(H,31,37);3-11,17H,1,12-16,18-19H2,2H3,(H,30,37)(H,31,36);3-10,15,17H,1,11-14,16,18-19H2,2H3,(H,30,37)(H,31,36);4-9,14,16-17,19H,1,10-13,15,18H2,2-3H3,(H2,28,29,30,31). The van der Waals surface area contributed by atoms with Gasteiger partial charge in [0.25, 0.3) is 0 Å². The average molecular weight is 1980 g/mol. The number of carbonyl (C=O) groups is 7. The van der Waals surface area contributed by atoms with Crippen LogP contribution in [0.15, 0.2) is 270 Å². The number of benzene rings is 8. The number of urea groups is 3. The predicted octanol–water partition coefficient (Wildman–Crippen LogP) is 13.8. The van der Waals surface area contributed by atoms with E-state index >= 15 is 0 Å². The molecular formula is C112H127N27O8. The summed E-state index contributed by atoms with van der Waals surface area (Å²) in [5.74, 6) is 5.23. The Kier molecular flexibility index (Phi) is 34.8. The molecule has 4 fully saturated rings. The molecule has 4 saturated heterocycles. The molecule has 12 aromatic rings. The summed E-state index contributed by atoms with van der Waals surface area (Å²) in [4.78, 5) is 148. The van der Waals surface area contributed by atoms with E-state index in [1.54, 1.807) is 64.3 Å². The molecule has 758 valence electrons. The van der Waals surface area contributed by atoms with Gasteiger partial charge in [0.15, 0.2) is 5.78 Å². The van der Waals surface area contributed by atoms with Crippen molar-refractivity contribution in [2.75, 3.05) is 208 Å². The first-order valence-corrected chi connectivity index (χ1v) is 49.4. The van der Waals surface area contributed by atoms with E-state index in [2.05, 4.69) is 241 Å². The van der Waals surface area contributed by atoms with Crippen molar-refractivity contribution in [3.63, 3.8) is 0 Å². The van der Waals surface area contributed by atoms with Crippen molar-refractivity contribution < 1.29 is 38.3 Å². The summed E-state index contributed by atoms with van der Waals surface area (Å²) in [6.07, 6.45) is 14.1. The number of hydrogen-bond donors (Lipinski definition) is 7. The number of nitrogens with zero attached hydrogens (tertiary/aromatic N) is 20. The van der Waals surface area contributed by atoms with Crippen molar-refractivity contribution in [1.82, 2.24) is 75.0 Å². The zero-order valence-electron chi connectivity index (χ0n) is 84.2. The van der Waals surface area contributed by atoms with E-state index in [1.165, 1.54) is 47.7 Å². The number of nitrogens with one attached hydrogen (secondary N) is 7. The average Bonchev–Trinajstić information content (AvgIpc) is 0.777. The molecule has 0 unspecified atom stereocenters. The smallest absolute Gasteiger partial charge is 0.326 e. The summed E-state index contributed by atoms with van der Waals surface area (Å²) < 4.78 is 5.66. The number of likely N-dealkylation sites (N-methyl/N-ethyl adjacent to an activating group) is 4. The number of ketones is 1. The molecule has 0 aliphatic carbocycles. The molecule has 0 atom stereocenters. The van der Waals surface area contributed by atoms with Crippen molar-refractivity contribution in [1.29, 1.82) is 0 Å². The SMILES string of the molecule is C=CC(=O)Cc1cccc(CNc2cc(Nc3ccc(N4CCN(C)CC4)cc3OC)ncn2)c1.C=CC(=O)Nc1ccc(CN2C(=O)N(C)Cc3cnc(Cc4ccc(N5CCN(C)CC5)cc4)nc32)cc1.C=CC(=O)Nc1ccc(CN2C(=O)NCc3cnc(Cc4ccc(N5CCN(C)CC5)cc4)nc32)cc1.C=CC(=O)Nc1cccc(CN2C(=O)NCc3cnc(Cc4ccc(N5CCN(C)CC5)cc4)nc32)c1. The summed E-state index contributed by atoms with van der Waals surface area (Å²) in [5.41, 5.74) is 18.5. The van der Waals surface area contributed by atoms with Crippen LogP contribution in [-0.4, -0.2) is 253 Å². The largest absolute Gasteiger partial charge is 0.494 e. The summed E-state index contributed by atoms with van der Waals surface area (Å²) in [6.45, 7) is 33.6. The van der Waals surface area contributed by atoms with Crippen molar-refractivity contribution in [3.05, 3.63) is 348 Å². The Morgan fingerprint density at radius 1 is 0.381 bits per heavy atom. The summed E-state index contributed by atoms with van der Waals surface area (Å²) >= 11 is 0. The molecule has 7 aliphatic heterocycles. The highest BCUT2D eigenvalue weighted by atomic mass is 16.5. The highest BCUT2D eigenvalue weighted by Crippen LogP contribution is 2.36. The molecule has 19 rings (SSSR count). The van der Waals surface area contributed by atoms with Crippen LogP contribution in [0.5, 0.6) is 5.75 Å². The van der Waals surface area contributed by atoms with Crippen LogP contribution in [0.3, 0.4) is 0 Å². The molecule has 35 heteroatoms. The Balaban J connectivity index is 0.000000140.